The van der Waals surface area contributed by atoms with Crippen molar-refractivity contribution in [3.8, 4) is 0 Å². The van der Waals surface area contributed by atoms with E-state index in [0.717, 1.165) is 30.0 Å². The van der Waals surface area contributed by atoms with Gasteiger partial charge < -0.3 is 10.6 Å². The fourth-order valence-electron chi connectivity index (χ4n) is 2.20. The molecule has 0 saturated heterocycles. The van der Waals surface area contributed by atoms with Crippen molar-refractivity contribution in [3.05, 3.63) is 41.6 Å². The summed E-state index contributed by atoms with van der Waals surface area (Å²) in [6, 6.07) is 7.49. The molecule has 1 aromatic heterocycles. The SMILES string of the molecule is NC(=O)c1ccc2c(c1)CCN2c1ccn[nH]1. The molecule has 1 aliphatic heterocycles. The zero-order valence-corrected chi connectivity index (χ0v) is 9.18. The zero-order chi connectivity index (χ0) is 11.8. The summed E-state index contributed by atoms with van der Waals surface area (Å²) in [6.45, 7) is 0.889. The number of carbonyl (C=O) groups excluding carboxylic acids is 1. The lowest BCUT2D eigenvalue weighted by molar-refractivity contribution is 0.100. The molecule has 1 aromatic carbocycles. The van der Waals surface area contributed by atoms with Crippen molar-refractivity contribution >= 4 is 17.4 Å². The van der Waals surface area contributed by atoms with Crippen molar-refractivity contribution < 1.29 is 4.79 Å². The fraction of sp³-hybridized carbons (Fsp3) is 0.167. The highest BCUT2D eigenvalue weighted by Crippen LogP contribution is 2.33. The third-order valence-corrected chi connectivity index (χ3v) is 3.04. The molecule has 0 spiro atoms. The number of nitrogens with one attached hydrogen (secondary N) is 1. The van der Waals surface area contributed by atoms with E-state index < -0.39 is 0 Å². The first kappa shape index (κ1) is 9.89. The molecule has 86 valence electrons. The van der Waals surface area contributed by atoms with Crippen molar-refractivity contribution in [1.29, 1.82) is 0 Å². The van der Waals surface area contributed by atoms with Crippen LogP contribution in [0.5, 0.6) is 0 Å². The summed E-state index contributed by atoms with van der Waals surface area (Å²) in [4.78, 5) is 13.2. The van der Waals surface area contributed by atoms with Crippen molar-refractivity contribution in [2.75, 3.05) is 11.4 Å². The summed E-state index contributed by atoms with van der Waals surface area (Å²) < 4.78 is 0. The van der Waals surface area contributed by atoms with Crippen LogP contribution in [-0.4, -0.2) is 22.6 Å². The van der Waals surface area contributed by atoms with Crippen molar-refractivity contribution in [3.63, 3.8) is 0 Å². The van der Waals surface area contributed by atoms with Crippen LogP contribution in [0.1, 0.15) is 15.9 Å². The lowest BCUT2D eigenvalue weighted by Gasteiger charge is -2.16. The molecule has 0 saturated carbocycles. The average molecular weight is 228 g/mol. The number of benzene rings is 1. The highest BCUT2D eigenvalue weighted by Gasteiger charge is 2.21. The van der Waals surface area contributed by atoms with E-state index in [1.165, 1.54) is 0 Å². The van der Waals surface area contributed by atoms with Crippen LogP contribution in [0.15, 0.2) is 30.5 Å². The number of amides is 1. The number of hydrogen-bond acceptors (Lipinski definition) is 3. The number of nitrogens with zero attached hydrogens (tertiary/aromatic N) is 2. The van der Waals surface area contributed by atoms with E-state index in [1.807, 2.05) is 18.2 Å². The number of rotatable bonds is 2. The predicted octanol–water partition coefficient (Wildman–Crippen LogP) is 1.20. The molecule has 2 aromatic rings. The lowest BCUT2D eigenvalue weighted by atomic mass is 10.1. The summed E-state index contributed by atoms with van der Waals surface area (Å²) in [7, 11) is 0. The zero-order valence-electron chi connectivity index (χ0n) is 9.18. The summed E-state index contributed by atoms with van der Waals surface area (Å²) >= 11 is 0. The molecule has 0 aliphatic carbocycles. The number of fused-ring (bicyclic) bond motifs is 1. The van der Waals surface area contributed by atoms with Crippen LogP contribution in [0.3, 0.4) is 0 Å². The normalized spacial score (nSPS) is 13.8. The molecule has 0 bridgehead atoms. The Bertz CT molecular complexity index is 562. The molecule has 0 radical (unpaired) electrons. The number of anilines is 2. The minimum atomic E-state index is -0.382. The Morgan fingerprint density at radius 2 is 2.29 bits per heavy atom. The maximum Gasteiger partial charge on any atom is 0.248 e. The maximum atomic E-state index is 11.1. The van der Waals surface area contributed by atoms with Crippen molar-refractivity contribution in [2.45, 2.75) is 6.42 Å². The minimum absolute atomic E-state index is 0.382. The van der Waals surface area contributed by atoms with Crippen LogP contribution in [-0.2, 0) is 6.42 Å². The first-order chi connectivity index (χ1) is 8.25. The van der Waals surface area contributed by atoms with E-state index in [1.54, 1.807) is 12.3 Å². The molecule has 3 N–H and O–H groups in total. The van der Waals surface area contributed by atoms with Crippen molar-refractivity contribution in [2.24, 2.45) is 5.73 Å². The van der Waals surface area contributed by atoms with Gasteiger partial charge in [-0.05, 0) is 30.2 Å². The van der Waals surface area contributed by atoms with Crippen LogP contribution in [0.25, 0.3) is 0 Å². The minimum Gasteiger partial charge on any atom is -0.366 e. The average Bonchev–Trinajstić information content (AvgIpc) is 2.96. The van der Waals surface area contributed by atoms with E-state index in [0.29, 0.717) is 5.56 Å². The Morgan fingerprint density at radius 1 is 1.41 bits per heavy atom. The Balaban J connectivity index is 2.01. The fourth-order valence-corrected chi connectivity index (χ4v) is 2.20. The first-order valence-electron chi connectivity index (χ1n) is 5.45. The number of aromatic amines is 1. The van der Waals surface area contributed by atoms with E-state index in [9.17, 15) is 4.79 Å². The third-order valence-electron chi connectivity index (χ3n) is 3.04. The topological polar surface area (TPSA) is 75.0 Å². The van der Waals surface area contributed by atoms with E-state index in [2.05, 4.69) is 15.1 Å². The third kappa shape index (κ3) is 1.56. The van der Waals surface area contributed by atoms with Gasteiger partial charge in [0.15, 0.2) is 0 Å². The highest BCUT2D eigenvalue weighted by molar-refractivity contribution is 5.93. The number of carbonyl (C=O) groups is 1. The molecule has 1 amide bonds. The molecule has 1 aliphatic rings. The summed E-state index contributed by atoms with van der Waals surface area (Å²) in [5.41, 5.74) is 8.09. The Morgan fingerprint density at radius 3 is 3.00 bits per heavy atom. The molecule has 5 nitrogen and oxygen atoms in total. The monoisotopic (exact) mass is 228 g/mol. The van der Waals surface area contributed by atoms with Gasteiger partial charge in [0.1, 0.15) is 5.82 Å². The standard InChI is InChI=1S/C12H12N4O/c13-12(17)9-1-2-10-8(7-9)4-6-16(10)11-3-5-14-15-11/h1-3,5,7H,4,6H2,(H2,13,17)(H,14,15). The highest BCUT2D eigenvalue weighted by atomic mass is 16.1. The first-order valence-corrected chi connectivity index (χ1v) is 5.45. The van der Waals surface area contributed by atoms with Gasteiger partial charge in [-0.2, -0.15) is 5.10 Å². The number of primary amides is 1. The van der Waals surface area contributed by atoms with Gasteiger partial charge in [-0.15, -0.1) is 0 Å². The van der Waals surface area contributed by atoms with Crippen LogP contribution >= 0.6 is 0 Å². The molecular weight excluding hydrogens is 216 g/mol. The van der Waals surface area contributed by atoms with Gasteiger partial charge in [0.05, 0.1) is 6.20 Å². The second kappa shape index (κ2) is 3.62. The van der Waals surface area contributed by atoms with Gasteiger partial charge in [0.2, 0.25) is 5.91 Å². The number of H-pyrrole nitrogens is 1. The molecule has 2 heterocycles. The molecule has 3 rings (SSSR count). The van der Waals surface area contributed by atoms with E-state index >= 15 is 0 Å². The van der Waals surface area contributed by atoms with Crippen LogP contribution in [0.2, 0.25) is 0 Å². The molecule has 0 unspecified atom stereocenters. The van der Waals surface area contributed by atoms with Gasteiger partial charge in [-0.1, -0.05) is 0 Å². The Kier molecular flexibility index (Phi) is 2.11. The largest absolute Gasteiger partial charge is 0.366 e. The van der Waals surface area contributed by atoms with Gasteiger partial charge in [-0.3, -0.25) is 9.89 Å². The molecule has 0 fully saturated rings. The number of nitrogens with two attached hydrogens (primary N) is 1. The lowest BCUT2D eigenvalue weighted by Crippen LogP contribution is -2.14. The van der Waals surface area contributed by atoms with Gasteiger partial charge >= 0.3 is 0 Å². The number of hydrogen-bond donors (Lipinski definition) is 2. The van der Waals surface area contributed by atoms with Gasteiger partial charge in [0, 0.05) is 23.9 Å². The maximum absolute atomic E-state index is 11.1. The smallest absolute Gasteiger partial charge is 0.248 e. The summed E-state index contributed by atoms with van der Waals surface area (Å²) in [5.74, 6) is 0.586. The predicted molar refractivity (Wildman–Crippen MR) is 64.3 cm³/mol. The van der Waals surface area contributed by atoms with E-state index in [-0.39, 0.29) is 5.91 Å². The quantitative estimate of drug-likeness (QED) is 0.811. The number of aromatic nitrogens is 2. The van der Waals surface area contributed by atoms with Gasteiger partial charge in [-0.25, -0.2) is 0 Å². The van der Waals surface area contributed by atoms with Crippen LogP contribution in [0, 0.1) is 0 Å². The van der Waals surface area contributed by atoms with Crippen LogP contribution in [0.4, 0.5) is 11.5 Å². The Hall–Kier alpha value is -2.30. The van der Waals surface area contributed by atoms with Crippen LogP contribution < -0.4 is 10.6 Å². The molecule has 0 atom stereocenters. The second-order valence-corrected chi connectivity index (χ2v) is 4.05. The van der Waals surface area contributed by atoms with E-state index in [4.69, 9.17) is 5.73 Å². The van der Waals surface area contributed by atoms with Crippen molar-refractivity contribution in [1.82, 2.24) is 10.2 Å². The Labute approximate surface area is 98.2 Å². The molecular formula is C12H12N4O. The second-order valence-electron chi connectivity index (χ2n) is 4.05. The summed E-state index contributed by atoms with van der Waals surface area (Å²) in [5, 5.41) is 6.89. The molecule has 5 heteroatoms. The molecule has 17 heavy (non-hydrogen) atoms. The summed E-state index contributed by atoms with van der Waals surface area (Å²) in [6.07, 6.45) is 2.64. The van der Waals surface area contributed by atoms with Gasteiger partial charge in [0.25, 0.3) is 0 Å².